The van der Waals surface area contributed by atoms with Gasteiger partial charge >= 0.3 is 0 Å². The normalized spacial score (nSPS) is 11.2. The van der Waals surface area contributed by atoms with Crippen molar-refractivity contribution >= 4 is 33.0 Å². The molecule has 0 spiro atoms. The third-order valence-corrected chi connectivity index (χ3v) is 4.59. The molecule has 0 bridgehead atoms. The van der Waals surface area contributed by atoms with Crippen molar-refractivity contribution in [2.24, 2.45) is 0 Å². The number of aromatic nitrogens is 1. The molecule has 1 rings (SSSR count). The van der Waals surface area contributed by atoms with E-state index in [4.69, 9.17) is 16.9 Å². The van der Waals surface area contributed by atoms with Crippen molar-refractivity contribution < 1.29 is 8.42 Å². The molecule has 0 saturated carbocycles. The van der Waals surface area contributed by atoms with Gasteiger partial charge in [-0.05, 0) is 6.92 Å². The quantitative estimate of drug-likeness (QED) is 0.810. The molecule has 0 aliphatic rings. The number of rotatable bonds is 3. The summed E-state index contributed by atoms with van der Waals surface area (Å²) in [4.78, 5) is 3.77. The summed E-state index contributed by atoms with van der Waals surface area (Å²) in [5.41, 5.74) is 0.338. The van der Waals surface area contributed by atoms with Crippen LogP contribution in [0.25, 0.3) is 0 Å². The second-order valence-electron chi connectivity index (χ2n) is 2.32. The van der Waals surface area contributed by atoms with E-state index in [-0.39, 0.29) is 15.2 Å². The van der Waals surface area contributed by atoms with Crippen LogP contribution in [0.1, 0.15) is 5.69 Å². The first-order chi connectivity index (χ1) is 6.47. The Bertz CT molecular complexity index is 474. The molecule has 0 radical (unpaired) electrons. The summed E-state index contributed by atoms with van der Waals surface area (Å²) < 4.78 is 25.3. The van der Waals surface area contributed by atoms with Crippen molar-refractivity contribution in [1.82, 2.24) is 9.71 Å². The SMILES string of the molecule is Cc1nc(Cl)sc1S(=O)(=O)NCC#N. The maximum Gasteiger partial charge on any atom is 0.252 e. The third kappa shape index (κ3) is 2.42. The predicted octanol–water partition coefficient (Wildman–Crippen LogP) is 0.907. The van der Waals surface area contributed by atoms with Gasteiger partial charge in [0, 0.05) is 0 Å². The molecule has 1 N–H and O–H groups in total. The van der Waals surface area contributed by atoms with Crippen molar-refractivity contribution in [3.63, 3.8) is 0 Å². The van der Waals surface area contributed by atoms with Gasteiger partial charge in [-0.15, -0.1) is 0 Å². The van der Waals surface area contributed by atoms with Gasteiger partial charge in [-0.1, -0.05) is 22.9 Å². The minimum atomic E-state index is -3.63. The first-order valence-electron chi connectivity index (χ1n) is 3.47. The standard InChI is InChI=1S/C6H6ClN3O2S2/c1-4-5(13-6(7)10-4)14(11,12)9-3-2-8/h9H,3H2,1H3. The Hall–Kier alpha value is -0.680. The van der Waals surface area contributed by atoms with Crippen molar-refractivity contribution in [3.8, 4) is 6.07 Å². The van der Waals surface area contributed by atoms with Crippen LogP contribution in [0.5, 0.6) is 0 Å². The van der Waals surface area contributed by atoms with Crippen LogP contribution in [0.15, 0.2) is 4.21 Å². The molecule has 1 aromatic rings. The molecule has 0 aromatic carbocycles. The first-order valence-corrected chi connectivity index (χ1v) is 6.14. The molecule has 76 valence electrons. The summed E-state index contributed by atoms with van der Waals surface area (Å²) in [5.74, 6) is 0. The van der Waals surface area contributed by atoms with Gasteiger partial charge < -0.3 is 0 Å². The van der Waals surface area contributed by atoms with Crippen molar-refractivity contribution in [2.45, 2.75) is 11.1 Å². The number of thiazole rings is 1. The molecule has 0 saturated heterocycles. The Morgan fingerprint density at radius 3 is 2.79 bits per heavy atom. The molecule has 1 heterocycles. The molecule has 0 amide bonds. The highest BCUT2D eigenvalue weighted by atomic mass is 35.5. The van der Waals surface area contributed by atoms with Gasteiger partial charge in [0.1, 0.15) is 0 Å². The molecule has 8 heteroatoms. The summed E-state index contributed by atoms with van der Waals surface area (Å²) in [6.45, 7) is 1.28. The van der Waals surface area contributed by atoms with Crippen LogP contribution in [0.4, 0.5) is 0 Å². The van der Waals surface area contributed by atoms with E-state index in [1.807, 2.05) is 0 Å². The molecular formula is C6H6ClN3O2S2. The number of hydrogen-bond acceptors (Lipinski definition) is 5. The van der Waals surface area contributed by atoms with Gasteiger partial charge in [-0.3, -0.25) is 0 Å². The molecule has 0 fully saturated rings. The minimum absolute atomic E-state index is 0.0535. The number of nitriles is 1. The second-order valence-corrected chi connectivity index (χ2v) is 5.87. The maximum absolute atomic E-state index is 11.5. The monoisotopic (exact) mass is 251 g/mol. The van der Waals surface area contributed by atoms with Crippen LogP contribution in [-0.4, -0.2) is 19.9 Å². The van der Waals surface area contributed by atoms with Crippen LogP contribution in [0.2, 0.25) is 4.47 Å². The van der Waals surface area contributed by atoms with E-state index in [9.17, 15) is 8.42 Å². The van der Waals surface area contributed by atoms with Crippen LogP contribution < -0.4 is 4.72 Å². The summed E-state index contributed by atoms with van der Waals surface area (Å²) in [6.07, 6.45) is 0. The summed E-state index contributed by atoms with van der Waals surface area (Å²) in [5, 5.41) is 8.24. The Morgan fingerprint density at radius 1 is 1.71 bits per heavy atom. The summed E-state index contributed by atoms with van der Waals surface area (Å²) in [6, 6.07) is 1.68. The Labute approximate surface area is 90.4 Å². The fourth-order valence-corrected chi connectivity index (χ4v) is 3.49. The van der Waals surface area contributed by atoms with Gasteiger partial charge in [-0.2, -0.15) is 9.98 Å². The Kier molecular flexibility index (Phi) is 3.44. The summed E-state index contributed by atoms with van der Waals surface area (Å²) >= 11 is 6.42. The fourth-order valence-electron chi connectivity index (χ4n) is 0.793. The second kappa shape index (κ2) is 4.23. The van der Waals surface area contributed by atoms with Crippen LogP contribution in [0.3, 0.4) is 0 Å². The van der Waals surface area contributed by atoms with Crippen molar-refractivity contribution in [2.75, 3.05) is 6.54 Å². The van der Waals surface area contributed by atoms with Crippen LogP contribution >= 0.6 is 22.9 Å². The van der Waals surface area contributed by atoms with Crippen molar-refractivity contribution in [1.29, 1.82) is 5.26 Å². The molecule has 14 heavy (non-hydrogen) atoms. The first kappa shape index (κ1) is 11.4. The lowest BCUT2D eigenvalue weighted by molar-refractivity contribution is 0.587. The number of sulfonamides is 1. The number of halogens is 1. The van der Waals surface area contributed by atoms with E-state index in [0.717, 1.165) is 11.3 Å². The molecule has 0 unspecified atom stereocenters. The van der Waals surface area contributed by atoms with Crippen molar-refractivity contribution in [3.05, 3.63) is 10.2 Å². The molecule has 1 aromatic heterocycles. The smallest absolute Gasteiger partial charge is 0.229 e. The minimum Gasteiger partial charge on any atom is -0.229 e. The molecular weight excluding hydrogens is 246 g/mol. The highest BCUT2D eigenvalue weighted by Gasteiger charge is 2.20. The average molecular weight is 252 g/mol. The lowest BCUT2D eigenvalue weighted by atomic mass is 10.6. The maximum atomic E-state index is 11.5. The molecule has 0 atom stereocenters. The van der Waals surface area contributed by atoms with E-state index in [2.05, 4.69) is 9.71 Å². The van der Waals surface area contributed by atoms with E-state index in [1.54, 1.807) is 13.0 Å². The predicted molar refractivity (Wildman–Crippen MR) is 52.7 cm³/mol. The lowest BCUT2D eigenvalue weighted by Gasteiger charge is -1.99. The van der Waals surface area contributed by atoms with Gasteiger partial charge in [0.05, 0.1) is 18.3 Å². The number of nitrogens with zero attached hydrogens (tertiary/aromatic N) is 2. The van der Waals surface area contributed by atoms with E-state index in [0.29, 0.717) is 5.69 Å². The highest BCUT2D eigenvalue weighted by molar-refractivity contribution is 7.91. The van der Waals surface area contributed by atoms with E-state index in [1.165, 1.54) is 0 Å². The number of nitrogens with one attached hydrogen (secondary N) is 1. The van der Waals surface area contributed by atoms with Crippen LogP contribution in [-0.2, 0) is 10.0 Å². The van der Waals surface area contributed by atoms with E-state index >= 15 is 0 Å². The topological polar surface area (TPSA) is 82.8 Å². The zero-order valence-corrected chi connectivity index (χ0v) is 9.50. The lowest BCUT2D eigenvalue weighted by Crippen LogP contribution is -2.23. The molecule has 0 aliphatic carbocycles. The average Bonchev–Trinajstić information content (AvgIpc) is 2.42. The Balaban J connectivity index is 3.05. The molecule has 0 aliphatic heterocycles. The van der Waals surface area contributed by atoms with E-state index < -0.39 is 10.0 Å². The number of hydrogen-bond donors (Lipinski definition) is 1. The van der Waals surface area contributed by atoms with Gasteiger partial charge in [0.2, 0.25) is 0 Å². The number of aryl methyl sites for hydroxylation is 1. The zero-order valence-electron chi connectivity index (χ0n) is 7.11. The molecule has 5 nitrogen and oxygen atoms in total. The largest absolute Gasteiger partial charge is 0.252 e. The fraction of sp³-hybridized carbons (Fsp3) is 0.333. The van der Waals surface area contributed by atoms with Crippen LogP contribution in [0, 0.1) is 18.3 Å². The zero-order chi connectivity index (χ0) is 10.8. The summed E-state index contributed by atoms with van der Waals surface area (Å²) in [7, 11) is -3.63. The highest BCUT2D eigenvalue weighted by Crippen LogP contribution is 2.26. The van der Waals surface area contributed by atoms with Gasteiger partial charge in [0.15, 0.2) is 8.68 Å². The van der Waals surface area contributed by atoms with Gasteiger partial charge in [-0.25, -0.2) is 13.4 Å². The Morgan fingerprint density at radius 2 is 2.36 bits per heavy atom. The van der Waals surface area contributed by atoms with Gasteiger partial charge in [0.25, 0.3) is 10.0 Å². The third-order valence-electron chi connectivity index (χ3n) is 1.31.